The molecule has 1 N–H and O–H groups in total. The summed E-state index contributed by atoms with van der Waals surface area (Å²) in [7, 11) is 0. The normalized spacial score (nSPS) is 20.2. The maximum atomic E-state index is 12.4. The molecular weight excluding hydrogens is 417 g/mol. The van der Waals surface area contributed by atoms with Crippen molar-refractivity contribution in [3.8, 4) is 5.75 Å². The Morgan fingerprint density at radius 3 is 2.35 bits per heavy atom. The maximum absolute atomic E-state index is 12.4. The van der Waals surface area contributed by atoms with Crippen molar-refractivity contribution < 1.29 is 42.1 Å². The van der Waals surface area contributed by atoms with E-state index in [-0.39, 0.29) is 36.2 Å². The summed E-state index contributed by atoms with van der Waals surface area (Å²) in [6.45, 7) is 3.15. The van der Waals surface area contributed by atoms with Crippen LogP contribution in [0.2, 0.25) is 0 Å². The molecule has 0 aromatic heterocycles. The average molecular weight is 444 g/mol. The fourth-order valence-corrected chi connectivity index (χ4v) is 3.41. The van der Waals surface area contributed by atoms with Crippen LogP contribution >= 0.6 is 0 Å². The lowest BCUT2D eigenvalue weighted by molar-refractivity contribution is -0.274. The largest absolute Gasteiger partial charge is 0.573 e. The molecule has 1 unspecified atom stereocenters. The lowest BCUT2D eigenvalue weighted by Gasteiger charge is -2.25. The van der Waals surface area contributed by atoms with E-state index < -0.39 is 24.5 Å². The van der Waals surface area contributed by atoms with Gasteiger partial charge in [0.2, 0.25) is 0 Å². The summed E-state index contributed by atoms with van der Waals surface area (Å²) in [5.74, 6) is -1.69. The fraction of sp³-hybridized carbons (Fsp3) is 0.545. The molecule has 0 aliphatic carbocycles. The Bertz CT molecular complexity index is 781. The summed E-state index contributed by atoms with van der Waals surface area (Å²) in [5, 5.41) is 9.80. The number of cyclic esters (lactones) is 1. The molecule has 0 amide bonds. The highest BCUT2D eigenvalue weighted by atomic mass is 19.4. The van der Waals surface area contributed by atoms with Crippen molar-refractivity contribution in [2.24, 2.45) is 5.92 Å². The molecule has 1 saturated heterocycles. The number of benzene rings is 1. The van der Waals surface area contributed by atoms with Gasteiger partial charge in [-0.15, -0.1) is 13.2 Å². The zero-order valence-corrected chi connectivity index (χ0v) is 17.5. The molecule has 1 fully saturated rings. The third-order valence-corrected chi connectivity index (χ3v) is 4.91. The first-order chi connectivity index (χ1) is 14.6. The van der Waals surface area contributed by atoms with Gasteiger partial charge in [0.05, 0.1) is 12.5 Å². The van der Waals surface area contributed by atoms with Gasteiger partial charge in [-0.1, -0.05) is 38.8 Å². The molecule has 6 nitrogen and oxygen atoms in total. The quantitative estimate of drug-likeness (QED) is 0.425. The molecule has 0 spiro atoms. The van der Waals surface area contributed by atoms with E-state index in [1.165, 1.54) is 18.2 Å². The minimum atomic E-state index is -4.79. The number of halogens is 3. The standard InChI is InChI=1S/C22H27F3O6/c1-3-5-16(6-4-2)19(27)29-14-21(13-26)12-17(20(28)31-21)11-15-7-9-18(10-8-15)30-22(23,24)25/h7-11,16,26H,3-6,12-14H2,1-2H3/b17-11+. The summed E-state index contributed by atoms with van der Waals surface area (Å²) in [6, 6.07) is 4.98. The highest BCUT2D eigenvalue weighted by Crippen LogP contribution is 2.33. The molecule has 2 rings (SSSR count). The summed E-state index contributed by atoms with van der Waals surface area (Å²) in [5.41, 5.74) is -0.702. The van der Waals surface area contributed by atoms with E-state index in [0.717, 1.165) is 25.0 Å². The van der Waals surface area contributed by atoms with Crippen LogP contribution < -0.4 is 4.74 Å². The molecule has 172 valence electrons. The fourth-order valence-electron chi connectivity index (χ4n) is 3.41. The van der Waals surface area contributed by atoms with Crippen LogP contribution in [0.4, 0.5) is 13.2 Å². The predicted molar refractivity (Wildman–Crippen MR) is 106 cm³/mol. The van der Waals surface area contributed by atoms with E-state index in [1.807, 2.05) is 13.8 Å². The molecule has 1 aliphatic heterocycles. The van der Waals surface area contributed by atoms with Gasteiger partial charge in [-0.05, 0) is 36.6 Å². The Kier molecular flexibility index (Phi) is 8.50. The monoisotopic (exact) mass is 444 g/mol. The first kappa shape index (κ1) is 24.7. The van der Waals surface area contributed by atoms with Crippen LogP contribution in [-0.2, 0) is 19.1 Å². The van der Waals surface area contributed by atoms with Gasteiger partial charge in [-0.25, -0.2) is 4.79 Å². The topological polar surface area (TPSA) is 82.1 Å². The van der Waals surface area contributed by atoms with E-state index in [0.29, 0.717) is 18.4 Å². The number of hydrogen-bond donors (Lipinski definition) is 1. The Hall–Kier alpha value is -2.55. The summed E-state index contributed by atoms with van der Waals surface area (Å²) < 4.78 is 51.3. The number of esters is 2. The summed E-state index contributed by atoms with van der Waals surface area (Å²) >= 11 is 0. The molecule has 9 heteroatoms. The molecule has 1 aliphatic rings. The Labute approximate surface area is 179 Å². The second kappa shape index (κ2) is 10.7. The number of hydrogen-bond acceptors (Lipinski definition) is 6. The van der Waals surface area contributed by atoms with Crippen molar-refractivity contribution in [3.63, 3.8) is 0 Å². The van der Waals surface area contributed by atoms with Crippen molar-refractivity contribution in [3.05, 3.63) is 35.4 Å². The number of ether oxygens (including phenoxy) is 3. The molecule has 0 bridgehead atoms. The number of carbonyl (C=O) groups excluding carboxylic acids is 2. The van der Waals surface area contributed by atoms with Gasteiger partial charge in [0.1, 0.15) is 12.4 Å². The Morgan fingerprint density at radius 2 is 1.84 bits per heavy atom. The van der Waals surface area contributed by atoms with E-state index in [9.17, 15) is 27.9 Å². The van der Waals surface area contributed by atoms with Crippen LogP contribution in [0.15, 0.2) is 29.8 Å². The number of aliphatic hydroxyl groups is 1. The van der Waals surface area contributed by atoms with Gasteiger partial charge in [0.25, 0.3) is 0 Å². The van der Waals surface area contributed by atoms with E-state index in [4.69, 9.17) is 9.47 Å². The van der Waals surface area contributed by atoms with Gasteiger partial charge >= 0.3 is 18.3 Å². The average Bonchev–Trinajstić information content (AvgIpc) is 3.02. The lowest BCUT2D eigenvalue weighted by Crippen LogP contribution is -2.40. The first-order valence-corrected chi connectivity index (χ1v) is 10.2. The number of alkyl halides is 3. The summed E-state index contributed by atoms with van der Waals surface area (Å²) in [6.07, 6.45) is -0.284. The van der Waals surface area contributed by atoms with Crippen molar-refractivity contribution >= 4 is 18.0 Å². The van der Waals surface area contributed by atoms with Gasteiger partial charge in [-0.2, -0.15) is 0 Å². The van der Waals surface area contributed by atoms with Crippen LogP contribution in [0.5, 0.6) is 5.75 Å². The zero-order chi connectivity index (χ0) is 23.1. The van der Waals surface area contributed by atoms with Gasteiger partial charge in [0.15, 0.2) is 5.60 Å². The smallest absolute Gasteiger partial charge is 0.461 e. The first-order valence-electron chi connectivity index (χ1n) is 10.2. The molecular formula is C22H27F3O6. The third kappa shape index (κ3) is 7.27. The molecule has 1 aromatic rings. The second-order valence-electron chi connectivity index (χ2n) is 7.58. The molecule has 1 atom stereocenters. The summed E-state index contributed by atoms with van der Waals surface area (Å²) in [4.78, 5) is 24.6. The number of rotatable bonds is 10. The van der Waals surface area contributed by atoms with E-state index in [1.54, 1.807) is 0 Å². The number of carbonyl (C=O) groups is 2. The van der Waals surface area contributed by atoms with E-state index >= 15 is 0 Å². The SMILES string of the molecule is CCCC(CCC)C(=O)OCC1(CO)C/C(=C\c2ccc(OC(F)(F)F)cc2)C(=O)O1. The molecule has 1 heterocycles. The van der Waals surface area contributed by atoms with Crippen LogP contribution in [0.1, 0.15) is 51.5 Å². The van der Waals surface area contributed by atoms with Crippen molar-refractivity contribution in [1.82, 2.24) is 0 Å². The van der Waals surface area contributed by atoms with Gasteiger partial charge in [0, 0.05) is 12.0 Å². The third-order valence-electron chi connectivity index (χ3n) is 4.91. The van der Waals surface area contributed by atoms with Crippen molar-refractivity contribution in [1.29, 1.82) is 0 Å². The highest BCUT2D eigenvalue weighted by Gasteiger charge is 2.45. The zero-order valence-electron chi connectivity index (χ0n) is 17.5. The number of aliphatic hydroxyl groups excluding tert-OH is 1. The second-order valence-corrected chi connectivity index (χ2v) is 7.58. The minimum Gasteiger partial charge on any atom is -0.461 e. The Balaban J connectivity index is 2.06. The van der Waals surface area contributed by atoms with Gasteiger partial charge < -0.3 is 19.3 Å². The Morgan fingerprint density at radius 1 is 1.23 bits per heavy atom. The maximum Gasteiger partial charge on any atom is 0.573 e. The van der Waals surface area contributed by atoms with Gasteiger partial charge in [-0.3, -0.25) is 4.79 Å². The predicted octanol–water partition coefficient (Wildman–Crippen LogP) is 4.41. The van der Waals surface area contributed by atoms with Crippen LogP contribution in [0.3, 0.4) is 0 Å². The highest BCUT2D eigenvalue weighted by molar-refractivity contribution is 5.96. The molecule has 31 heavy (non-hydrogen) atoms. The van der Waals surface area contributed by atoms with Crippen LogP contribution in [-0.4, -0.2) is 42.2 Å². The molecule has 0 radical (unpaired) electrons. The minimum absolute atomic E-state index is 0.00262. The van der Waals surface area contributed by atoms with Crippen molar-refractivity contribution in [2.45, 2.75) is 57.9 Å². The molecule has 1 aromatic carbocycles. The molecule has 0 saturated carbocycles. The van der Waals surface area contributed by atoms with Crippen LogP contribution in [0.25, 0.3) is 6.08 Å². The lowest BCUT2D eigenvalue weighted by atomic mass is 9.97. The van der Waals surface area contributed by atoms with Crippen molar-refractivity contribution in [2.75, 3.05) is 13.2 Å². The van der Waals surface area contributed by atoms with Crippen LogP contribution in [0, 0.1) is 5.92 Å². The van der Waals surface area contributed by atoms with E-state index in [2.05, 4.69) is 4.74 Å².